The molecular formula is C42H65ClF2N14O6. The maximum atomic E-state index is 11.4. The number of para-hydroxylation sites is 1. The van der Waals surface area contributed by atoms with Crippen molar-refractivity contribution in [2.45, 2.75) is 49.2 Å². The molecule has 20 nitrogen and oxygen atoms in total. The molecule has 65 heavy (non-hydrogen) atoms. The Kier molecular flexibility index (Phi) is 45.8. The highest BCUT2D eigenvalue weighted by Gasteiger charge is 2.09. The van der Waals surface area contributed by atoms with Crippen molar-refractivity contribution >= 4 is 42.1 Å². The van der Waals surface area contributed by atoms with Crippen LogP contribution in [-0.4, -0.2) is 107 Å². The van der Waals surface area contributed by atoms with E-state index in [-0.39, 0.29) is 83.4 Å². The molecule has 0 aliphatic heterocycles. The van der Waals surface area contributed by atoms with Gasteiger partial charge in [0.15, 0.2) is 31.0 Å². The number of aromatic nitrogens is 4. The van der Waals surface area contributed by atoms with Crippen molar-refractivity contribution in [1.82, 2.24) is 29.3 Å². The van der Waals surface area contributed by atoms with Gasteiger partial charge in [0, 0.05) is 80.7 Å². The van der Waals surface area contributed by atoms with E-state index in [0.29, 0.717) is 37.3 Å². The lowest BCUT2D eigenvalue weighted by atomic mass is 10.3. The number of hydrogen-bond acceptors (Lipinski definition) is 17. The monoisotopic (exact) mass is 934 g/mol. The lowest BCUT2D eigenvalue weighted by molar-refractivity contribution is -0.131. The number of allylic oxidation sites excluding steroid dienone is 2. The van der Waals surface area contributed by atoms with E-state index in [2.05, 4.69) is 19.9 Å². The highest BCUT2D eigenvalue weighted by Crippen LogP contribution is 2.14. The minimum atomic E-state index is -0.214. The molecule has 2 amide bonds. The van der Waals surface area contributed by atoms with Crippen LogP contribution in [-0.2, 0) is 27.4 Å². The number of nitrogens with two attached hydrogens (primary N) is 4. The number of benzene rings is 1. The zero-order valence-electron chi connectivity index (χ0n) is 35.2. The normalized spacial score (nSPS) is 9.09. The Morgan fingerprint density at radius 1 is 0.831 bits per heavy atom. The second-order valence-corrected chi connectivity index (χ2v) is 11.5. The molecule has 0 aliphatic rings. The molecule has 0 atom stereocenters. The quantitative estimate of drug-likeness (QED) is 0.0542. The summed E-state index contributed by atoms with van der Waals surface area (Å²) in [5.41, 5.74) is 24.2. The number of imidazole rings is 1. The molecule has 0 aliphatic carbocycles. The molecule has 0 radical (unpaired) electrons. The molecular weight excluding hydrogens is 870 g/mol. The number of anilines is 2. The number of pyridine rings is 2. The van der Waals surface area contributed by atoms with Gasteiger partial charge in [0.05, 0.1) is 19.5 Å². The van der Waals surface area contributed by atoms with E-state index >= 15 is 0 Å². The summed E-state index contributed by atoms with van der Waals surface area (Å²) in [5.74, 6) is 0.887. The van der Waals surface area contributed by atoms with Gasteiger partial charge in [-0.05, 0) is 37.1 Å². The van der Waals surface area contributed by atoms with Gasteiger partial charge in [-0.15, -0.1) is 12.4 Å². The van der Waals surface area contributed by atoms with E-state index in [1.807, 2.05) is 48.5 Å². The number of halogens is 3. The molecule has 0 fully saturated rings. The Morgan fingerprint density at radius 2 is 1.31 bits per heavy atom. The van der Waals surface area contributed by atoms with Gasteiger partial charge in [-0.1, -0.05) is 52.6 Å². The smallest absolute Gasteiger partial charge is 0.260 e. The number of carbonyl (C=O) groups is 2. The summed E-state index contributed by atoms with van der Waals surface area (Å²) in [5, 5.41) is 33.1. The first-order valence-corrected chi connectivity index (χ1v) is 17.7. The molecule has 0 saturated heterocycles. The summed E-state index contributed by atoms with van der Waals surface area (Å²) < 4.78 is 32.9. The molecule has 3 heterocycles. The fraction of sp³-hybridized carbons (Fsp3) is 0.357. The SMILES string of the molecule is C.C.C.CCO.CCOC=N/C(C#N)=C(\N)C#N.CN(C)C(=O)COc1ccc(CN)cn1.CN(C)C(=O)COc1ccc(Cn2cnc(C#N)c2N)cn1.Cl.FF.Nc1ccccc1. The van der Waals surface area contributed by atoms with Gasteiger partial charge in [-0.2, -0.15) is 15.8 Å². The van der Waals surface area contributed by atoms with Crippen LogP contribution in [0.5, 0.6) is 11.8 Å². The number of aliphatic hydroxyl groups excluding tert-OH is 1. The Labute approximate surface area is 387 Å². The van der Waals surface area contributed by atoms with Crippen LogP contribution in [0.2, 0.25) is 0 Å². The summed E-state index contributed by atoms with van der Waals surface area (Å²) in [6, 6.07) is 21.7. The van der Waals surface area contributed by atoms with Crippen LogP contribution in [0.4, 0.5) is 20.7 Å². The van der Waals surface area contributed by atoms with Crippen LogP contribution < -0.4 is 32.4 Å². The second-order valence-electron chi connectivity index (χ2n) is 11.5. The van der Waals surface area contributed by atoms with Crippen molar-refractivity contribution in [3.05, 3.63) is 102 Å². The Balaban J connectivity index is -0.000000179. The predicted molar refractivity (Wildman–Crippen MR) is 251 cm³/mol. The van der Waals surface area contributed by atoms with E-state index < -0.39 is 0 Å². The van der Waals surface area contributed by atoms with Gasteiger partial charge >= 0.3 is 0 Å². The number of hydrogen-bond donors (Lipinski definition) is 5. The Morgan fingerprint density at radius 3 is 1.63 bits per heavy atom. The molecule has 360 valence electrons. The van der Waals surface area contributed by atoms with Crippen molar-refractivity contribution in [3.8, 4) is 30.0 Å². The molecule has 0 bridgehead atoms. The number of ether oxygens (including phenoxy) is 3. The predicted octanol–water partition coefficient (Wildman–Crippen LogP) is 4.96. The van der Waals surface area contributed by atoms with Gasteiger partial charge in [0.1, 0.15) is 29.7 Å². The molecule has 0 saturated carbocycles. The summed E-state index contributed by atoms with van der Waals surface area (Å²) in [7, 11) is 6.67. The van der Waals surface area contributed by atoms with Gasteiger partial charge in [0.2, 0.25) is 11.8 Å². The van der Waals surface area contributed by atoms with Crippen LogP contribution in [0.25, 0.3) is 0 Å². The summed E-state index contributed by atoms with van der Waals surface area (Å²) in [6.07, 6.45) is 5.85. The largest absolute Gasteiger partial charge is 0.483 e. The first kappa shape index (κ1) is 69.1. The highest BCUT2D eigenvalue weighted by molar-refractivity contribution is 5.85. The molecule has 3 aromatic heterocycles. The Hall–Kier alpha value is -7.58. The van der Waals surface area contributed by atoms with Crippen molar-refractivity contribution in [3.63, 3.8) is 0 Å². The van der Waals surface area contributed by atoms with E-state index in [4.69, 9.17) is 67.2 Å². The maximum Gasteiger partial charge on any atom is 0.260 e. The van der Waals surface area contributed by atoms with Crippen LogP contribution in [0, 0.1) is 34.0 Å². The topological polar surface area (TPSA) is 320 Å². The summed E-state index contributed by atoms with van der Waals surface area (Å²) >= 11 is 0. The lowest BCUT2D eigenvalue weighted by Gasteiger charge is -2.11. The summed E-state index contributed by atoms with van der Waals surface area (Å²) in [6.45, 7) is 5.00. The zero-order chi connectivity index (χ0) is 46.6. The van der Waals surface area contributed by atoms with Crippen molar-refractivity contribution in [1.29, 1.82) is 15.8 Å². The van der Waals surface area contributed by atoms with Gasteiger partial charge < -0.3 is 56.6 Å². The van der Waals surface area contributed by atoms with Crippen LogP contribution in [0.3, 0.4) is 0 Å². The van der Waals surface area contributed by atoms with Gasteiger partial charge in [-0.3, -0.25) is 9.59 Å². The van der Waals surface area contributed by atoms with E-state index in [1.54, 1.807) is 83.3 Å². The maximum absolute atomic E-state index is 11.4. The number of amides is 2. The third kappa shape index (κ3) is 31.9. The molecule has 1 aromatic carbocycles. The van der Waals surface area contributed by atoms with Crippen molar-refractivity contribution in [2.75, 3.05) is 66.1 Å². The number of carbonyl (C=O) groups excluding carboxylic acids is 2. The van der Waals surface area contributed by atoms with Crippen molar-refractivity contribution < 1.29 is 38.1 Å². The summed E-state index contributed by atoms with van der Waals surface area (Å²) in [4.78, 5) is 41.1. The van der Waals surface area contributed by atoms with Gasteiger partial charge in [0.25, 0.3) is 11.8 Å². The van der Waals surface area contributed by atoms with Gasteiger partial charge in [-0.25, -0.2) is 19.9 Å². The van der Waals surface area contributed by atoms with Crippen LogP contribution in [0.15, 0.2) is 89.7 Å². The molecule has 23 heteroatoms. The fourth-order valence-corrected chi connectivity index (χ4v) is 3.37. The number of rotatable bonds is 12. The van der Waals surface area contributed by atoms with Crippen LogP contribution >= 0.6 is 12.4 Å². The number of nitrogen functional groups attached to an aromatic ring is 2. The minimum Gasteiger partial charge on any atom is -0.483 e. The van der Waals surface area contributed by atoms with Crippen molar-refractivity contribution in [2.24, 2.45) is 16.5 Å². The molecule has 0 spiro atoms. The van der Waals surface area contributed by atoms with E-state index in [0.717, 1.165) is 23.2 Å². The number of nitrogens with zero attached hydrogens (tertiary/aromatic N) is 10. The number of aliphatic imine (C=N–C) groups is 1. The number of likely N-dealkylation sites (N-methyl/N-ethyl adjacent to an activating group) is 2. The molecule has 4 rings (SSSR count). The standard InChI is InChI=1S/C14H16N6O2.C10H15N3O2.C7H8N4O.C6H7N.C2H6O.3CH4.ClH.F2/c1-19(2)13(21)8-22-12-4-3-10(6-17-12)7-20-9-18-11(5-15)14(20)16;1-13(2)10(14)7-15-9-4-3-8(5-11)6-12-9;1-2-12-5-11-7(4-9)6(10)3-8;7-6-4-2-1-3-5-6;1-2-3;;;;;1-2/h3-4,6,9H,7-8,16H2,1-2H3;3-4,6H,5,7,11H2,1-2H3;5H,2,10H2,1H3;1-5H,7H2;3H,2H2,1H3;3*1H4;1H;/b;;7-6-,11-5?;;;;;;;. The molecule has 0 unspecified atom stereocenters. The lowest BCUT2D eigenvalue weighted by Crippen LogP contribution is -2.27. The minimum absolute atomic E-state index is 0. The van der Waals surface area contributed by atoms with E-state index in [9.17, 15) is 9.59 Å². The third-order valence-corrected chi connectivity index (χ3v) is 6.56. The third-order valence-electron chi connectivity index (χ3n) is 6.56. The first-order valence-electron chi connectivity index (χ1n) is 17.7. The number of nitriles is 3. The van der Waals surface area contributed by atoms with Crippen LogP contribution in [0.1, 0.15) is 52.9 Å². The molecule has 9 N–H and O–H groups in total. The average molecular weight is 936 g/mol. The average Bonchev–Trinajstić information content (AvgIpc) is 3.63. The fourth-order valence-electron chi connectivity index (χ4n) is 3.37. The zero-order valence-corrected chi connectivity index (χ0v) is 36.0. The Bertz CT molecular complexity index is 2020. The number of aliphatic hydroxyl groups is 1. The highest BCUT2D eigenvalue weighted by atomic mass is 35.5. The van der Waals surface area contributed by atoms with E-state index in [1.165, 1.54) is 16.1 Å². The second kappa shape index (κ2) is 43.1. The molecule has 4 aromatic rings. The first-order chi connectivity index (χ1) is 29.2.